The molecule has 3 aromatic rings. The number of anilines is 1. The summed E-state index contributed by atoms with van der Waals surface area (Å²) in [6, 6.07) is 14.3. The monoisotopic (exact) mass is 460 g/mol. The zero-order chi connectivity index (χ0) is 21.0. The van der Waals surface area contributed by atoms with E-state index in [-0.39, 0.29) is 0 Å². The molecule has 1 aliphatic heterocycles. The second-order valence-corrected chi connectivity index (χ2v) is 10.2. The highest BCUT2D eigenvalue weighted by Crippen LogP contribution is 2.28. The molecule has 1 fully saturated rings. The number of benzene rings is 2. The van der Waals surface area contributed by atoms with Crippen LogP contribution in [-0.4, -0.2) is 37.0 Å². The molecular formula is C21H21ClN4O2S2. The minimum absolute atomic E-state index is 0.309. The van der Waals surface area contributed by atoms with E-state index >= 15 is 0 Å². The van der Waals surface area contributed by atoms with Gasteiger partial charge in [-0.2, -0.15) is 9.41 Å². The van der Waals surface area contributed by atoms with Gasteiger partial charge >= 0.3 is 0 Å². The van der Waals surface area contributed by atoms with Crippen LogP contribution in [0.15, 0.2) is 63.9 Å². The van der Waals surface area contributed by atoms with Crippen LogP contribution in [0.5, 0.6) is 0 Å². The predicted octanol–water partition coefficient (Wildman–Crippen LogP) is 5.08. The van der Waals surface area contributed by atoms with Gasteiger partial charge in [-0.1, -0.05) is 42.3 Å². The van der Waals surface area contributed by atoms with E-state index in [0.717, 1.165) is 30.4 Å². The summed E-state index contributed by atoms with van der Waals surface area (Å²) >= 11 is 7.37. The maximum Gasteiger partial charge on any atom is 0.243 e. The summed E-state index contributed by atoms with van der Waals surface area (Å²) < 4.78 is 27.5. The lowest BCUT2D eigenvalue weighted by Crippen LogP contribution is -2.35. The highest BCUT2D eigenvalue weighted by Gasteiger charge is 2.26. The van der Waals surface area contributed by atoms with Crippen LogP contribution in [0.2, 0.25) is 5.02 Å². The number of piperidine rings is 1. The lowest BCUT2D eigenvalue weighted by atomic mass is 10.2. The standard InChI is InChI=1S/C21H21ClN4O2S2/c22-18-8-4-6-16(12-18)14-23-25-21-24-20(15-29-21)17-7-5-9-19(13-17)30(27,28)26-10-2-1-3-11-26/h4-9,12-15H,1-3,10-11H2,(H,24,25). The van der Waals surface area contributed by atoms with Gasteiger partial charge in [0.1, 0.15) is 0 Å². The predicted molar refractivity (Wildman–Crippen MR) is 123 cm³/mol. The topological polar surface area (TPSA) is 74.7 Å². The molecule has 1 aromatic heterocycles. The van der Waals surface area contributed by atoms with Gasteiger partial charge < -0.3 is 0 Å². The Morgan fingerprint density at radius 1 is 1.10 bits per heavy atom. The fourth-order valence-corrected chi connectivity index (χ4v) is 5.71. The summed E-state index contributed by atoms with van der Waals surface area (Å²) in [6.07, 6.45) is 4.57. The minimum atomic E-state index is -3.48. The third-order valence-electron chi connectivity index (χ3n) is 4.81. The number of hydrogen-bond acceptors (Lipinski definition) is 6. The second-order valence-electron chi connectivity index (χ2n) is 6.96. The van der Waals surface area contributed by atoms with E-state index in [0.29, 0.717) is 33.8 Å². The van der Waals surface area contributed by atoms with Crippen LogP contribution < -0.4 is 5.43 Å². The van der Waals surface area contributed by atoms with Crippen LogP contribution in [0.3, 0.4) is 0 Å². The van der Waals surface area contributed by atoms with E-state index in [2.05, 4.69) is 15.5 Å². The number of nitrogens with one attached hydrogen (secondary N) is 1. The molecule has 9 heteroatoms. The Bertz CT molecular complexity index is 1160. The van der Waals surface area contributed by atoms with Crippen molar-refractivity contribution < 1.29 is 8.42 Å². The number of nitrogens with zero attached hydrogens (tertiary/aromatic N) is 3. The molecule has 2 aromatic carbocycles. The molecule has 0 amide bonds. The van der Waals surface area contributed by atoms with Crippen molar-refractivity contribution in [2.24, 2.45) is 5.10 Å². The smallest absolute Gasteiger partial charge is 0.243 e. The molecular weight excluding hydrogens is 440 g/mol. The zero-order valence-corrected chi connectivity index (χ0v) is 18.6. The van der Waals surface area contributed by atoms with Crippen molar-refractivity contribution in [3.63, 3.8) is 0 Å². The molecule has 0 saturated carbocycles. The van der Waals surface area contributed by atoms with Crippen LogP contribution in [0.25, 0.3) is 11.3 Å². The van der Waals surface area contributed by atoms with Crippen LogP contribution in [0, 0.1) is 0 Å². The summed E-state index contributed by atoms with van der Waals surface area (Å²) in [6.45, 7) is 1.17. The Kier molecular flexibility index (Phi) is 6.48. The van der Waals surface area contributed by atoms with Crippen molar-refractivity contribution in [3.8, 4) is 11.3 Å². The fraction of sp³-hybridized carbons (Fsp3) is 0.238. The average Bonchev–Trinajstić information content (AvgIpc) is 3.24. The summed E-state index contributed by atoms with van der Waals surface area (Å²) in [4.78, 5) is 4.83. The minimum Gasteiger partial charge on any atom is -0.253 e. The average molecular weight is 461 g/mol. The summed E-state index contributed by atoms with van der Waals surface area (Å²) in [5, 5.41) is 7.33. The summed E-state index contributed by atoms with van der Waals surface area (Å²) in [5.74, 6) is 0. The highest BCUT2D eigenvalue weighted by molar-refractivity contribution is 7.89. The Morgan fingerprint density at radius 2 is 1.90 bits per heavy atom. The first-order chi connectivity index (χ1) is 14.5. The third-order valence-corrected chi connectivity index (χ3v) is 7.69. The van der Waals surface area contributed by atoms with Gasteiger partial charge in [0.2, 0.25) is 15.2 Å². The first-order valence-corrected chi connectivity index (χ1v) is 12.3. The molecule has 6 nitrogen and oxygen atoms in total. The Hall–Kier alpha value is -2.26. The van der Waals surface area contributed by atoms with Gasteiger partial charge in [0.15, 0.2) is 0 Å². The second kappa shape index (κ2) is 9.26. The largest absolute Gasteiger partial charge is 0.253 e. The normalized spacial score (nSPS) is 15.5. The zero-order valence-electron chi connectivity index (χ0n) is 16.2. The van der Waals surface area contributed by atoms with Crippen LogP contribution >= 0.6 is 22.9 Å². The first kappa shape index (κ1) is 21.0. The van der Waals surface area contributed by atoms with Gasteiger partial charge in [0, 0.05) is 29.1 Å². The first-order valence-electron chi connectivity index (χ1n) is 9.63. The van der Waals surface area contributed by atoms with Gasteiger partial charge in [-0.25, -0.2) is 13.4 Å². The lowest BCUT2D eigenvalue weighted by Gasteiger charge is -2.26. The molecule has 156 valence electrons. The van der Waals surface area contributed by atoms with Crippen molar-refractivity contribution in [2.45, 2.75) is 24.2 Å². The summed E-state index contributed by atoms with van der Waals surface area (Å²) in [5.41, 5.74) is 5.25. The maximum atomic E-state index is 12.9. The third kappa shape index (κ3) is 4.89. The fourth-order valence-electron chi connectivity index (χ4n) is 3.28. The van der Waals surface area contributed by atoms with E-state index in [1.165, 1.54) is 11.3 Å². The van der Waals surface area contributed by atoms with Crippen molar-refractivity contribution in [2.75, 3.05) is 18.5 Å². The molecule has 1 N–H and O–H groups in total. The summed E-state index contributed by atoms with van der Waals surface area (Å²) in [7, 11) is -3.48. The van der Waals surface area contributed by atoms with Gasteiger partial charge in [0.25, 0.3) is 0 Å². The molecule has 0 aliphatic carbocycles. The Balaban J connectivity index is 1.49. The molecule has 0 radical (unpaired) electrons. The molecule has 1 saturated heterocycles. The number of thiazole rings is 1. The quantitative estimate of drug-likeness (QED) is 0.411. The molecule has 0 bridgehead atoms. The van der Waals surface area contributed by atoms with Gasteiger partial charge in [-0.15, -0.1) is 11.3 Å². The van der Waals surface area contributed by atoms with Gasteiger partial charge in [-0.05, 0) is 42.7 Å². The van der Waals surface area contributed by atoms with Gasteiger partial charge in [0.05, 0.1) is 16.8 Å². The number of rotatable bonds is 6. The number of aromatic nitrogens is 1. The molecule has 0 spiro atoms. The van der Waals surface area contributed by atoms with Gasteiger partial charge in [-0.3, -0.25) is 5.43 Å². The van der Waals surface area contributed by atoms with Crippen LogP contribution in [0.1, 0.15) is 24.8 Å². The highest BCUT2D eigenvalue weighted by atomic mass is 35.5. The lowest BCUT2D eigenvalue weighted by molar-refractivity contribution is 0.346. The SMILES string of the molecule is O=S(=O)(c1cccc(-c2csc(NN=Cc3cccc(Cl)c3)n2)c1)N1CCCCC1. The molecule has 2 heterocycles. The van der Waals surface area contributed by atoms with E-state index in [1.807, 2.05) is 29.6 Å². The van der Waals surface area contributed by atoms with E-state index in [4.69, 9.17) is 11.6 Å². The number of hydrazone groups is 1. The molecule has 0 atom stereocenters. The number of sulfonamides is 1. The molecule has 4 rings (SSSR count). The van der Waals surface area contributed by atoms with Crippen LogP contribution in [-0.2, 0) is 10.0 Å². The van der Waals surface area contributed by atoms with Crippen molar-refractivity contribution >= 4 is 44.3 Å². The number of hydrogen-bond donors (Lipinski definition) is 1. The van der Waals surface area contributed by atoms with E-state index in [1.54, 1.807) is 34.8 Å². The van der Waals surface area contributed by atoms with Crippen LogP contribution in [0.4, 0.5) is 5.13 Å². The van der Waals surface area contributed by atoms with E-state index < -0.39 is 10.0 Å². The van der Waals surface area contributed by atoms with Crippen molar-refractivity contribution in [1.29, 1.82) is 0 Å². The Morgan fingerprint density at radius 3 is 2.70 bits per heavy atom. The van der Waals surface area contributed by atoms with Crippen molar-refractivity contribution in [1.82, 2.24) is 9.29 Å². The maximum absolute atomic E-state index is 12.9. The molecule has 1 aliphatic rings. The van der Waals surface area contributed by atoms with E-state index in [9.17, 15) is 8.42 Å². The Labute approximate surface area is 185 Å². The molecule has 30 heavy (non-hydrogen) atoms. The number of halogens is 1. The van der Waals surface area contributed by atoms with Crippen molar-refractivity contribution in [3.05, 3.63) is 64.5 Å². The molecule has 0 unspecified atom stereocenters.